The molecule has 0 aliphatic carbocycles. The molecule has 0 saturated heterocycles. The van der Waals surface area contributed by atoms with E-state index >= 15 is 0 Å². The highest BCUT2D eigenvalue weighted by Crippen LogP contribution is 2.13. The van der Waals surface area contributed by atoms with Crippen LogP contribution in [0.2, 0.25) is 0 Å². The van der Waals surface area contributed by atoms with Gasteiger partial charge in [-0.2, -0.15) is 0 Å². The average Bonchev–Trinajstić information content (AvgIpc) is 2.29. The zero-order chi connectivity index (χ0) is 8.39. The van der Waals surface area contributed by atoms with Crippen molar-refractivity contribution in [2.75, 3.05) is 0 Å². The molecule has 0 aromatic heterocycles. The molecular weight excluding hydrogens is 152 g/mol. The number of carbonyl (C=O) groups is 1. The van der Waals surface area contributed by atoms with Gasteiger partial charge in [0.15, 0.2) is 0 Å². The van der Waals surface area contributed by atoms with Crippen LogP contribution in [0.5, 0.6) is 0 Å². The molecule has 0 bridgehead atoms. The number of hydrogen-bond donors (Lipinski definition) is 1. The van der Waals surface area contributed by atoms with Crippen LogP contribution in [-0.4, -0.2) is 10.8 Å². The van der Waals surface area contributed by atoms with Gasteiger partial charge in [0.1, 0.15) is 0 Å². The van der Waals surface area contributed by atoms with E-state index in [-0.39, 0.29) is 5.91 Å². The Balaban J connectivity index is 2.39. The molecular formula is C9H8N2O. The van der Waals surface area contributed by atoms with E-state index in [4.69, 9.17) is 0 Å². The van der Waals surface area contributed by atoms with Crippen molar-refractivity contribution in [2.24, 2.45) is 0 Å². The van der Waals surface area contributed by atoms with Crippen LogP contribution in [-0.2, 0) is 4.79 Å². The van der Waals surface area contributed by atoms with Crippen LogP contribution >= 0.6 is 0 Å². The molecule has 0 spiro atoms. The summed E-state index contributed by atoms with van der Waals surface area (Å²) in [7, 11) is 0. The summed E-state index contributed by atoms with van der Waals surface area (Å²) in [5, 5.41) is 2.89. The number of allylic oxidation sites excluding steroid dienone is 3. The maximum absolute atomic E-state index is 11.3. The second-order valence-electron chi connectivity index (χ2n) is 2.48. The highest BCUT2D eigenvalue weighted by atomic mass is 16.2. The van der Waals surface area contributed by atoms with E-state index in [9.17, 15) is 4.79 Å². The lowest BCUT2D eigenvalue weighted by molar-refractivity contribution is -0.121. The Bertz CT molecular complexity index is 323. The third kappa shape index (κ3) is 1.05. The molecule has 2 aliphatic rings. The molecule has 2 heterocycles. The lowest BCUT2D eigenvalue weighted by atomic mass is 10.3. The Kier molecular flexibility index (Phi) is 1.55. The topological polar surface area (TPSA) is 32.3 Å². The molecule has 0 fully saturated rings. The third-order valence-corrected chi connectivity index (χ3v) is 1.68. The molecule has 0 atom stereocenters. The molecule has 12 heavy (non-hydrogen) atoms. The van der Waals surface area contributed by atoms with E-state index < -0.39 is 0 Å². The van der Waals surface area contributed by atoms with E-state index in [1.807, 2.05) is 18.2 Å². The van der Waals surface area contributed by atoms with Crippen molar-refractivity contribution in [3.63, 3.8) is 0 Å². The first-order chi connectivity index (χ1) is 5.88. The lowest BCUT2D eigenvalue weighted by Gasteiger charge is -2.18. The first-order valence-corrected chi connectivity index (χ1v) is 3.69. The van der Waals surface area contributed by atoms with Gasteiger partial charge < -0.3 is 5.32 Å². The molecule has 0 aromatic carbocycles. The number of carbonyl (C=O) groups excluding carboxylic acids is 1. The van der Waals surface area contributed by atoms with E-state index in [1.165, 1.54) is 6.08 Å². The van der Waals surface area contributed by atoms with Gasteiger partial charge in [-0.1, -0.05) is 6.08 Å². The van der Waals surface area contributed by atoms with Crippen LogP contribution in [0.4, 0.5) is 0 Å². The summed E-state index contributed by atoms with van der Waals surface area (Å²) in [5.74, 6) is -0.0353. The SMILES string of the molecule is O=C1C=CNC=C2C=CC=CN12. The monoisotopic (exact) mass is 160 g/mol. The fourth-order valence-corrected chi connectivity index (χ4v) is 1.11. The standard InChI is InChI=1S/C9H8N2O/c12-9-4-5-10-7-8-3-1-2-6-11(8)9/h1-7,10H. The third-order valence-electron chi connectivity index (χ3n) is 1.68. The Morgan fingerprint density at radius 1 is 1.25 bits per heavy atom. The van der Waals surface area contributed by atoms with Gasteiger partial charge in [0, 0.05) is 24.7 Å². The van der Waals surface area contributed by atoms with E-state index in [1.54, 1.807) is 23.5 Å². The highest BCUT2D eigenvalue weighted by molar-refractivity contribution is 5.90. The first kappa shape index (κ1) is 6.91. The second kappa shape index (κ2) is 2.70. The minimum atomic E-state index is -0.0353. The van der Waals surface area contributed by atoms with Gasteiger partial charge in [0.2, 0.25) is 0 Å². The summed E-state index contributed by atoms with van der Waals surface area (Å²) < 4.78 is 0. The zero-order valence-corrected chi connectivity index (χ0v) is 6.40. The van der Waals surface area contributed by atoms with Crippen LogP contribution in [0.25, 0.3) is 0 Å². The van der Waals surface area contributed by atoms with Crippen molar-refractivity contribution in [3.8, 4) is 0 Å². The first-order valence-electron chi connectivity index (χ1n) is 3.69. The zero-order valence-electron chi connectivity index (χ0n) is 6.40. The van der Waals surface area contributed by atoms with Gasteiger partial charge in [0.05, 0.1) is 5.70 Å². The highest BCUT2D eigenvalue weighted by Gasteiger charge is 2.13. The molecule has 1 amide bonds. The molecule has 0 unspecified atom stereocenters. The number of hydrogen-bond acceptors (Lipinski definition) is 2. The largest absolute Gasteiger partial charge is 0.366 e. The van der Waals surface area contributed by atoms with Crippen LogP contribution in [0, 0.1) is 0 Å². The molecule has 0 saturated carbocycles. The molecule has 60 valence electrons. The van der Waals surface area contributed by atoms with Gasteiger partial charge in [-0.15, -0.1) is 0 Å². The molecule has 1 N–H and O–H groups in total. The molecule has 2 rings (SSSR count). The van der Waals surface area contributed by atoms with Crippen molar-refractivity contribution < 1.29 is 4.79 Å². The van der Waals surface area contributed by atoms with Crippen molar-refractivity contribution >= 4 is 5.91 Å². The van der Waals surface area contributed by atoms with Crippen molar-refractivity contribution in [2.45, 2.75) is 0 Å². The Morgan fingerprint density at radius 3 is 3.08 bits per heavy atom. The van der Waals surface area contributed by atoms with Crippen molar-refractivity contribution in [1.82, 2.24) is 10.2 Å². The summed E-state index contributed by atoms with van der Waals surface area (Å²) >= 11 is 0. The van der Waals surface area contributed by atoms with Gasteiger partial charge in [0.25, 0.3) is 5.91 Å². The fraction of sp³-hybridized carbons (Fsp3) is 0. The second-order valence-corrected chi connectivity index (χ2v) is 2.48. The molecule has 3 nitrogen and oxygen atoms in total. The number of nitrogens with zero attached hydrogens (tertiary/aromatic N) is 1. The summed E-state index contributed by atoms with van der Waals surface area (Å²) in [6.07, 6.45) is 12.2. The fourth-order valence-electron chi connectivity index (χ4n) is 1.11. The Hall–Kier alpha value is -1.77. The van der Waals surface area contributed by atoms with Crippen LogP contribution in [0.1, 0.15) is 0 Å². The van der Waals surface area contributed by atoms with Crippen LogP contribution in [0.3, 0.4) is 0 Å². The van der Waals surface area contributed by atoms with Gasteiger partial charge in [-0.3, -0.25) is 9.69 Å². The number of nitrogens with one attached hydrogen (secondary N) is 1. The maximum atomic E-state index is 11.3. The van der Waals surface area contributed by atoms with E-state index in [2.05, 4.69) is 5.32 Å². The average molecular weight is 160 g/mol. The molecule has 3 heteroatoms. The maximum Gasteiger partial charge on any atom is 0.256 e. The lowest BCUT2D eigenvalue weighted by Crippen LogP contribution is -2.22. The summed E-state index contributed by atoms with van der Waals surface area (Å²) in [6.45, 7) is 0. The summed E-state index contributed by atoms with van der Waals surface area (Å²) in [4.78, 5) is 12.9. The number of fused-ring (bicyclic) bond motifs is 1. The van der Waals surface area contributed by atoms with E-state index in [0.29, 0.717) is 0 Å². The van der Waals surface area contributed by atoms with Crippen LogP contribution < -0.4 is 5.32 Å². The Morgan fingerprint density at radius 2 is 2.17 bits per heavy atom. The Labute approximate surface area is 70.4 Å². The predicted octanol–water partition coefficient (Wildman–Crippen LogP) is 0.857. The number of rotatable bonds is 0. The molecule has 0 aromatic rings. The van der Waals surface area contributed by atoms with Gasteiger partial charge in [-0.25, -0.2) is 0 Å². The summed E-state index contributed by atoms with van der Waals surface area (Å²) in [5.41, 5.74) is 0.854. The van der Waals surface area contributed by atoms with Crippen molar-refractivity contribution in [1.29, 1.82) is 0 Å². The predicted molar refractivity (Wildman–Crippen MR) is 45.5 cm³/mol. The van der Waals surface area contributed by atoms with Crippen molar-refractivity contribution in [3.05, 3.63) is 48.6 Å². The molecule has 2 aliphatic heterocycles. The quantitative estimate of drug-likeness (QED) is 0.570. The van der Waals surface area contributed by atoms with E-state index in [0.717, 1.165) is 5.70 Å². The minimum absolute atomic E-state index is 0.0353. The smallest absolute Gasteiger partial charge is 0.256 e. The molecule has 0 radical (unpaired) electrons. The van der Waals surface area contributed by atoms with Gasteiger partial charge >= 0.3 is 0 Å². The van der Waals surface area contributed by atoms with Crippen LogP contribution in [0.15, 0.2) is 48.6 Å². The normalized spacial score (nSPS) is 19.8. The number of amides is 1. The minimum Gasteiger partial charge on any atom is -0.366 e. The summed E-state index contributed by atoms with van der Waals surface area (Å²) in [6, 6.07) is 0. The van der Waals surface area contributed by atoms with Gasteiger partial charge in [-0.05, 0) is 12.2 Å².